The molecule has 0 saturated carbocycles. The van der Waals surface area contributed by atoms with E-state index < -0.39 is 27.3 Å². The number of aryl methyl sites for hydroxylation is 1. The summed E-state index contributed by atoms with van der Waals surface area (Å²) >= 11 is 0. The van der Waals surface area contributed by atoms with E-state index >= 15 is 0 Å². The Morgan fingerprint density at radius 3 is 2.57 bits per heavy atom. The Bertz CT molecular complexity index is 788. The van der Waals surface area contributed by atoms with Gasteiger partial charge in [-0.25, -0.2) is 18.2 Å². The minimum absolute atomic E-state index is 0.113. The zero-order valence-corrected chi connectivity index (χ0v) is 11.8. The van der Waals surface area contributed by atoms with Gasteiger partial charge in [0.05, 0.1) is 4.90 Å². The number of carboxylic acids is 1. The summed E-state index contributed by atoms with van der Waals surface area (Å²) in [6, 6.07) is 6.71. The molecule has 0 unspecified atom stereocenters. The van der Waals surface area contributed by atoms with Crippen molar-refractivity contribution in [3.05, 3.63) is 47.7 Å². The highest BCUT2D eigenvalue weighted by Crippen LogP contribution is 2.26. The summed E-state index contributed by atoms with van der Waals surface area (Å²) < 4.78 is 26.8. The van der Waals surface area contributed by atoms with Gasteiger partial charge in [-0.15, -0.1) is 0 Å². The molecule has 0 atom stereocenters. The maximum absolute atomic E-state index is 12.3. The summed E-state index contributed by atoms with van der Waals surface area (Å²) in [7, 11) is -4.00. The van der Waals surface area contributed by atoms with Crippen molar-refractivity contribution in [2.75, 3.05) is 4.72 Å². The first-order valence-corrected chi connectivity index (χ1v) is 7.30. The molecular weight excluding hydrogens is 296 g/mol. The van der Waals surface area contributed by atoms with Crippen LogP contribution in [-0.4, -0.2) is 29.6 Å². The molecule has 0 aliphatic carbocycles. The lowest BCUT2D eigenvalue weighted by Crippen LogP contribution is -2.16. The molecule has 110 valence electrons. The molecule has 8 heteroatoms. The Labute approximate surface area is 120 Å². The molecule has 7 nitrogen and oxygen atoms in total. The van der Waals surface area contributed by atoms with Crippen LogP contribution in [0.25, 0.3) is 0 Å². The third-order valence-electron chi connectivity index (χ3n) is 2.72. The van der Waals surface area contributed by atoms with Gasteiger partial charge >= 0.3 is 5.97 Å². The zero-order chi connectivity index (χ0) is 15.6. The Balaban J connectivity index is 2.50. The second-order valence-electron chi connectivity index (χ2n) is 4.26. The third-order valence-corrected chi connectivity index (χ3v) is 4.21. The number of sulfonamides is 1. The highest BCUT2D eigenvalue weighted by molar-refractivity contribution is 7.92. The number of hydrogen-bond donors (Lipinski definition) is 3. The molecule has 0 aliphatic rings. The van der Waals surface area contributed by atoms with Gasteiger partial charge in [0.2, 0.25) is 0 Å². The van der Waals surface area contributed by atoms with E-state index in [2.05, 4.69) is 9.71 Å². The van der Waals surface area contributed by atoms with Crippen molar-refractivity contribution < 1.29 is 23.4 Å². The summed E-state index contributed by atoms with van der Waals surface area (Å²) in [5.74, 6) is -1.79. The van der Waals surface area contributed by atoms with Crippen molar-refractivity contribution in [1.82, 2.24) is 4.98 Å². The molecule has 0 amide bonds. The number of anilines is 1. The molecule has 0 radical (unpaired) electrons. The lowest BCUT2D eigenvalue weighted by Gasteiger charge is -2.11. The lowest BCUT2D eigenvalue weighted by molar-refractivity contribution is 0.0693. The molecule has 0 bridgehead atoms. The lowest BCUT2D eigenvalue weighted by atomic mass is 10.1. The van der Waals surface area contributed by atoms with Crippen LogP contribution in [0.1, 0.15) is 15.9 Å². The molecule has 21 heavy (non-hydrogen) atoms. The summed E-state index contributed by atoms with van der Waals surface area (Å²) in [5.41, 5.74) is -0.261. The first kappa shape index (κ1) is 14.8. The molecule has 0 fully saturated rings. The van der Waals surface area contributed by atoms with E-state index in [-0.39, 0.29) is 16.3 Å². The van der Waals surface area contributed by atoms with Crippen molar-refractivity contribution in [3.63, 3.8) is 0 Å². The highest BCUT2D eigenvalue weighted by atomic mass is 32.2. The van der Waals surface area contributed by atoms with E-state index in [9.17, 15) is 18.3 Å². The van der Waals surface area contributed by atoms with Crippen LogP contribution in [0.4, 0.5) is 5.82 Å². The number of aromatic hydroxyl groups is 1. The van der Waals surface area contributed by atoms with Crippen LogP contribution < -0.4 is 4.72 Å². The maximum atomic E-state index is 12.3. The van der Waals surface area contributed by atoms with Gasteiger partial charge in [0, 0.05) is 6.20 Å². The van der Waals surface area contributed by atoms with Crippen molar-refractivity contribution in [3.8, 4) is 5.75 Å². The molecule has 0 aliphatic heterocycles. The number of nitrogens with zero attached hydrogens (tertiary/aromatic N) is 1. The van der Waals surface area contributed by atoms with E-state index in [0.29, 0.717) is 0 Å². The number of phenols is 1. The van der Waals surface area contributed by atoms with Crippen LogP contribution in [0.15, 0.2) is 41.4 Å². The number of hydrogen-bond acceptors (Lipinski definition) is 5. The van der Waals surface area contributed by atoms with E-state index in [1.807, 2.05) is 0 Å². The second kappa shape index (κ2) is 5.41. The number of carboxylic acid groups (broad SMARTS) is 1. The van der Waals surface area contributed by atoms with Gasteiger partial charge < -0.3 is 10.2 Å². The van der Waals surface area contributed by atoms with E-state index in [1.54, 1.807) is 12.1 Å². The van der Waals surface area contributed by atoms with Crippen molar-refractivity contribution >= 4 is 21.8 Å². The van der Waals surface area contributed by atoms with Crippen LogP contribution >= 0.6 is 0 Å². The topological polar surface area (TPSA) is 117 Å². The molecule has 2 aromatic rings. The Morgan fingerprint density at radius 2 is 2.00 bits per heavy atom. The van der Waals surface area contributed by atoms with Crippen LogP contribution in [0.5, 0.6) is 5.75 Å². The minimum atomic E-state index is -4.00. The molecule has 2 rings (SSSR count). The fourth-order valence-electron chi connectivity index (χ4n) is 1.75. The van der Waals surface area contributed by atoms with Crippen molar-refractivity contribution in [2.24, 2.45) is 0 Å². The summed E-state index contributed by atoms with van der Waals surface area (Å²) in [6.07, 6.45) is 1.42. The number of pyridine rings is 1. The quantitative estimate of drug-likeness (QED) is 0.789. The van der Waals surface area contributed by atoms with Gasteiger partial charge in [-0.3, -0.25) is 4.72 Å². The first-order chi connectivity index (χ1) is 9.81. The van der Waals surface area contributed by atoms with Crippen molar-refractivity contribution in [1.29, 1.82) is 0 Å². The number of aromatic carboxylic acids is 1. The van der Waals surface area contributed by atoms with E-state index in [0.717, 1.165) is 12.1 Å². The fraction of sp³-hybridized carbons (Fsp3) is 0.0769. The maximum Gasteiger partial charge on any atom is 0.339 e. The number of carbonyl (C=O) groups is 1. The monoisotopic (exact) mass is 308 g/mol. The fourth-order valence-corrected chi connectivity index (χ4v) is 3.01. The van der Waals surface area contributed by atoms with Gasteiger partial charge in [-0.2, -0.15) is 0 Å². The number of aromatic nitrogens is 1. The summed E-state index contributed by atoms with van der Waals surface area (Å²) in [4.78, 5) is 14.6. The third kappa shape index (κ3) is 3.11. The molecule has 0 spiro atoms. The normalized spacial score (nSPS) is 11.1. The summed E-state index contributed by atoms with van der Waals surface area (Å²) in [6.45, 7) is 1.46. The average Bonchev–Trinajstić information content (AvgIpc) is 2.38. The molecule has 1 aromatic heterocycles. The molecule has 0 saturated heterocycles. The molecular formula is C13H12N2O5S. The first-order valence-electron chi connectivity index (χ1n) is 5.82. The SMILES string of the molecule is Cc1cc(O)c(C(=O)O)cc1S(=O)(=O)Nc1ccccn1. The molecule has 1 heterocycles. The van der Waals surface area contributed by atoms with Crippen LogP contribution in [-0.2, 0) is 10.0 Å². The predicted molar refractivity (Wildman–Crippen MR) is 74.8 cm³/mol. The van der Waals surface area contributed by atoms with Crippen LogP contribution in [0.2, 0.25) is 0 Å². The predicted octanol–water partition coefficient (Wildman–Crippen LogP) is 1.59. The minimum Gasteiger partial charge on any atom is -0.507 e. The largest absolute Gasteiger partial charge is 0.507 e. The average molecular weight is 308 g/mol. The zero-order valence-electron chi connectivity index (χ0n) is 10.9. The van der Waals surface area contributed by atoms with Crippen LogP contribution in [0.3, 0.4) is 0 Å². The standard InChI is InChI=1S/C13H12N2O5S/c1-8-6-10(16)9(13(17)18)7-11(8)21(19,20)15-12-4-2-3-5-14-12/h2-7,16H,1H3,(H,14,15)(H,17,18). The van der Waals surface area contributed by atoms with Gasteiger partial charge in [0.25, 0.3) is 10.0 Å². The van der Waals surface area contributed by atoms with Crippen molar-refractivity contribution in [2.45, 2.75) is 11.8 Å². The Morgan fingerprint density at radius 1 is 1.29 bits per heavy atom. The number of benzene rings is 1. The number of rotatable bonds is 4. The Hall–Kier alpha value is -2.61. The van der Waals surface area contributed by atoms with E-state index in [4.69, 9.17) is 5.11 Å². The number of nitrogens with one attached hydrogen (secondary N) is 1. The summed E-state index contributed by atoms with van der Waals surface area (Å²) in [5, 5.41) is 18.5. The second-order valence-corrected chi connectivity index (χ2v) is 5.91. The Kier molecular flexibility index (Phi) is 3.81. The van der Waals surface area contributed by atoms with Gasteiger partial charge in [-0.1, -0.05) is 6.07 Å². The molecule has 3 N–H and O–H groups in total. The smallest absolute Gasteiger partial charge is 0.339 e. The molecule has 1 aromatic carbocycles. The highest BCUT2D eigenvalue weighted by Gasteiger charge is 2.22. The van der Waals surface area contributed by atoms with Gasteiger partial charge in [0.15, 0.2) is 0 Å². The van der Waals surface area contributed by atoms with Crippen LogP contribution in [0, 0.1) is 6.92 Å². The van der Waals surface area contributed by atoms with Gasteiger partial charge in [-0.05, 0) is 36.8 Å². The van der Waals surface area contributed by atoms with E-state index in [1.165, 1.54) is 19.2 Å². The van der Waals surface area contributed by atoms with Gasteiger partial charge in [0.1, 0.15) is 17.1 Å².